The van der Waals surface area contributed by atoms with Crippen molar-refractivity contribution in [2.24, 2.45) is 5.73 Å². The topological polar surface area (TPSA) is 55.0 Å². The van der Waals surface area contributed by atoms with Crippen LogP contribution in [-0.2, 0) is 0 Å². The number of thioether (sulfide) groups is 1. The molecule has 1 aliphatic rings. The van der Waals surface area contributed by atoms with Crippen molar-refractivity contribution in [3.8, 4) is 0 Å². The van der Waals surface area contributed by atoms with E-state index in [9.17, 15) is 0 Å². The van der Waals surface area contributed by atoms with E-state index in [0.29, 0.717) is 21.2 Å². The van der Waals surface area contributed by atoms with Crippen LogP contribution in [0.25, 0.3) is 0 Å². The molecule has 2 heterocycles. The summed E-state index contributed by atoms with van der Waals surface area (Å²) in [6, 6.07) is 0. The van der Waals surface area contributed by atoms with E-state index in [1.807, 2.05) is 11.8 Å². The number of nitrogens with two attached hydrogens (primary N) is 1. The Morgan fingerprint density at radius 1 is 1.35 bits per heavy atom. The third kappa shape index (κ3) is 2.87. The first kappa shape index (κ1) is 12.6. The first-order valence-electron chi connectivity index (χ1n) is 5.59. The second kappa shape index (κ2) is 5.18. The van der Waals surface area contributed by atoms with Crippen molar-refractivity contribution in [3.05, 3.63) is 18.1 Å². The van der Waals surface area contributed by atoms with Gasteiger partial charge in [0.2, 0.25) is 0 Å². The summed E-state index contributed by atoms with van der Waals surface area (Å²) in [6.07, 6.45) is 3.32. The Balaban J connectivity index is 2.30. The van der Waals surface area contributed by atoms with Crippen molar-refractivity contribution >= 4 is 34.8 Å². The van der Waals surface area contributed by atoms with Crippen LogP contribution in [0.4, 0.5) is 5.82 Å². The highest BCUT2D eigenvalue weighted by molar-refractivity contribution is 8.00. The van der Waals surface area contributed by atoms with Crippen LogP contribution in [-0.4, -0.2) is 38.5 Å². The second-order valence-electron chi connectivity index (χ2n) is 4.26. The molecular formula is C11H16N4S2. The van der Waals surface area contributed by atoms with Gasteiger partial charge in [0.1, 0.15) is 10.7 Å². The zero-order valence-electron chi connectivity index (χ0n) is 9.96. The normalized spacial score (nSPS) is 24.7. The van der Waals surface area contributed by atoms with Gasteiger partial charge < -0.3 is 10.6 Å². The molecule has 92 valence electrons. The van der Waals surface area contributed by atoms with Crippen LogP contribution < -0.4 is 10.6 Å². The summed E-state index contributed by atoms with van der Waals surface area (Å²) >= 11 is 7.02. The molecule has 2 N–H and O–H groups in total. The Kier molecular flexibility index (Phi) is 3.83. The molecule has 0 amide bonds. The van der Waals surface area contributed by atoms with Gasteiger partial charge in [-0.25, -0.2) is 9.97 Å². The summed E-state index contributed by atoms with van der Waals surface area (Å²) in [5.41, 5.74) is 6.32. The summed E-state index contributed by atoms with van der Waals surface area (Å²) in [7, 11) is 0. The van der Waals surface area contributed by atoms with Crippen molar-refractivity contribution < 1.29 is 0 Å². The lowest BCUT2D eigenvalue weighted by molar-refractivity contribution is 0.715. The van der Waals surface area contributed by atoms with Gasteiger partial charge in [-0.2, -0.15) is 11.8 Å². The molecule has 0 aliphatic carbocycles. The molecule has 0 spiro atoms. The summed E-state index contributed by atoms with van der Waals surface area (Å²) in [5, 5.41) is 1.17. The minimum absolute atomic E-state index is 0.312. The van der Waals surface area contributed by atoms with Crippen molar-refractivity contribution in [3.63, 3.8) is 0 Å². The fraction of sp³-hybridized carbons (Fsp3) is 0.545. The lowest BCUT2D eigenvalue weighted by Gasteiger charge is -2.35. The smallest absolute Gasteiger partial charge is 0.157 e. The Bertz CT molecular complexity index is 414. The molecule has 1 fully saturated rings. The number of aromatic nitrogens is 2. The van der Waals surface area contributed by atoms with Gasteiger partial charge >= 0.3 is 0 Å². The predicted octanol–water partition coefficient (Wildman–Crippen LogP) is 1.44. The van der Waals surface area contributed by atoms with Gasteiger partial charge in [-0.3, -0.25) is 0 Å². The highest BCUT2D eigenvalue weighted by Crippen LogP contribution is 2.28. The van der Waals surface area contributed by atoms with Crippen LogP contribution in [0, 0.1) is 0 Å². The number of hydrogen-bond donors (Lipinski definition) is 1. The largest absolute Gasteiger partial charge is 0.388 e. The van der Waals surface area contributed by atoms with Gasteiger partial charge in [-0.05, 0) is 0 Å². The maximum atomic E-state index is 5.69. The average molecular weight is 268 g/mol. The molecule has 0 saturated carbocycles. The van der Waals surface area contributed by atoms with E-state index in [1.165, 1.54) is 0 Å². The highest BCUT2D eigenvalue weighted by atomic mass is 32.2. The average Bonchev–Trinajstić information content (AvgIpc) is 2.27. The van der Waals surface area contributed by atoms with E-state index in [0.717, 1.165) is 18.9 Å². The monoisotopic (exact) mass is 268 g/mol. The summed E-state index contributed by atoms with van der Waals surface area (Å²) in [5.74, 6) is 0.819. The number of hydrogen-bond acceptors (Lipinski definition) is 5. The maximum Gasteiger partial charge on any atom is 0.157 e. The number of anilines is 1. The lowest BCUT2D eigenvalue weighted by atomic mass is 10.3. The number of thiocarbonyl (C=S) groups is 1. The maximum absolute atomic E-state index is 5.69. The Morgan fingerprint density at radius 3 is 2.53 bits per heavy atom. The minimum atomic E-state index is 0.312. The fourth-order valence-corrected chi connectivity index (χ4v) is 3.56. The van der Waals surface area contributed by atoms with Gasteiger partial charge in [0.05, 0.1) is 0 Å². The molecule has 6 heteroatoms. The molecule has 1 aliphatic heterocycles. The third-order valence-electron chi connectivity index (χ3n) is 2.63. The minimum Gasteiger partial charge on any atom is -0.388 e. The molecule has 4 nitrogen and oxygen atoms in total. The Labute approximate surface area is 111 Å². The second-order valence-corrected chi connectivity index (χ2v) is 6.58. The van der Waals surface area contributed by atoms with Crippen molar-refractivity contribution in [2.45, 2.75) is 24.3 Å². The van der Waals surface area contributed by atoms with E-state index in [4.69, 9.17) is 18.0 Å². The van der Waals surface area contributed by atoms with E-state index in [-0.39, 0.29) is 0 Å². The number of rotatable bonds is 2. The summed E-state index contributed by atoms with van der Waals surface area (Å²) in [4.78, 5) is 11.1. The Hall–Kier alpha value is -0.880. The van der Waals surface area contributed by atoms with Gasteiger partial charge in [0, 0.05) is 36.0 Å². The molecule has 0 radical (unpaired) electrons. The highest BCUT2D eigenvalue weighted by Gasteiger charge is 2.25. The van der Waals surface area contributed by atoms with Crippen LogP contribution >= 0.6 is 24.0 Å². The zero-order valence-corrected chi connectivity index (χ0v) is 11.6. The van der Waals surface area contributed by atoms with E-state index in [1.54, 1.807) is 12.4 Å². The van der Waals surface area contributed by atoms with E-state index in [2.05, 4.69) is 28.7 Å². The molecule has 2 rings (SSSR count). The predicted molar refractivity (Wildman–Crippen MR) is 76.6 cm³/mol. The van der Waals surface area contributed by atoms with Gasteiger partial charge in [0.25, 0.3) is 0 Å². The van der Waals surface area contributed by atoms with Crippen LogP contribution in [0.3, 0.4) is 0 Å². The van der Waals surface area contributed by atoms with E-state index < -0.39 is 0 Å². The fourth-order valence-electron chi connectivity index (χ4n) is 2.09. The molecule has 2 unspecified atom stereocenters. The molecular weight excluding hydrogens is 252 g/mol. The molecule has 2 atom stereocenters. The van der Waals surface area contributed by atoms with Crippen LogP contribution in [0.1, 0.15) is 19.5 Å². The molecule has 0 aromatic carbocycles. The lowest BCUT2D eigenvalue weighted by Crippen LogP contribution is -2.42. The van der Waals surface area contributed by atoms with Gasteiger partial charge in [-0.15, -0.1) is 0 Å². The van der Waals surface area contributed by atoms with Crippen LogP contribution in [0.2, 0.25) is 0 Å². The molecule has 1 aromatic heterocycles. The summed E-state index contributed by atoms with van der Waals surface area (Å²) < 4.78 is 0. The quantitative estimate of drug-likeness (QED) is 0.819. The first-order chi connectivity index (χ1) is 8.08. The van der Waals surface area contributed by atoms with Crippen LogP contribution in [0.5, 0.6) is 0 Å². The SMILES string of the molecule is CC1CN(c2nccnc2C(N)=S)CC(C)S1. The molecule has 1 saturated heterocycles. The van der Waals surface area contributed by atoms with Crippen molar-refractivity contribution in [1.29, 1.82) is 0 Å². The molecule has 17 heavy (non-hydrogen) atoms. The van der Waals surface area contributed by atoms with Gasteiger partial charge in [-0.1, -0.05) is 26.1 Å². The standard InChI is InChI=1S/C11H16N4S2/c1-7-5-15(6-8(2)17-7)11-9(10(12)16)13-3-4-14-11/h3-4,7-8H,5-6H2,1-2H3,(H2,12,16). The van der Waals surface area contributed by atoms with E-state index >= 15 is 0 Å². The number of nitrogens with zero attached hydrogens (tertiary/aromatic N) is 3. The van der Waals surface area contributed by atoms with Crippen LogP contribution in [0.15, 0.2) is 12.4 Å². The third-order valence-corrected chi connectivity index (χ3v) is 4.05. The molecule has 0 bridgehead atoms. The van der Waals surface area contributed by atoms with Crippen molar-refractivity contribution in [1.82, 2.24) is 9.97 Å². The molecule has 1 aromatic rings. The van der Waals surface area contributed by atoms with Crippen molar-refractivity contribution in [2.75, 3.05) is 18.0 Å². The summed E-state index contributed by atoms with van der Waals surface area (Å²) in [6.45, 7) is 6.38. The Morgan fingerprint density at radius 2 is 1.94 bits per heavy atom. The zero-order chi connectivity index (χ0) is 12.4. The van der Waals surface area contributed by atoms with Gasteiger partial charge in [0.15, 0.2) is 5.82 Å². The first-order valence-corrected chi connectivity index (χ1v) is 6.94.